The van der Waals surface area contributed by atoms with Crippen molar-refractivity contribution in [1.29, 1.82) is 0 Å². The SMILES string of the molecule is C=C[C@@H](OC)[C@@]1(O)C[C@@H]([C@@H](C)[C@@H]2O[C@@]2(C)[C@H](CC(=O)N(C)c2cc(C/C(C)=C/C)cc(OC)c2Cl)OC(=O)[C@H](C)N(C)C(=O)CCSC2CC(=O)N(CC3CCC(C(=O)C(C)C)CC3)C2=O)OC(=O)N1. The van der Waals surface area contributed by atoms with E-state index in [2.05, 4.69) is 11.9 Å². The molecular weight excluding hydrogens is 944 g/mol. The lowest BCUT2D eigenvalue weighted by atomic mass is 9.77. The Balaban J connectivity index is 1.26. The zero-order valence-corrected chi connectivity index (χ0v) is 44.1. The molecule has 3 saturated heterocycles. The van der Waals surface area contributed by atoms with E-state index in [1.54, 1.807) is 33.0 Å². The van der Waals surface area contributed by atoms with Gasteiger partial charge in [-0.05, 0) is 83.4 Å². The Hall–Kier alpha value is -4.49. The predicted molar refractivity (Wildman–Crippen MR) is 265 cm³/mol. The number of cyclic esters (lactones) is 1. The summed E-state index contributed by atoms with van der Waals surface area (Å²) in [6, 6.07) is 2.47. The summed E-state index contributed by atoms with van der Waals surface area (Å²) in [5.74, 6) is -1.81. The summed E-state index contributed by atoms with van der Waals surface area (Å²) in [5.41, 5.74) is -0.868. The Bertz CT molecular complexity index is 2180. The predicted octanol–water partition coefficient (Wildman–Crippen LogP) is 6.43. The summed E-state index contributed by atoms with van der Waals surface area (Å²) in [4.78, 5) is 97.6. The van der Waals surface area contributed by atoms with Crippen LogP contribution in [-0.2, 0) is 54.1 Å². The van der Waals surface area contributed by atoms with Gasteiger partial charge in [-0.25, -0.2) is 9.59 Å². The molecule has 0 aromatic heterocycles. The molecule has 0 spiro atoms. The lowest BCUT2D eigenvalue weighted by molar-refractivity contribution is -0.162. The van der Waals surface area contributed by atoms with Crippen molar-refractivity contribution in [3.8, 4) is 5.75 Å². The van der Waals surface area contributed by atoms with E-state index >= 15 is 0 Å². The van der Waals surface area contributed by atoms with Gasteiger partial charge in [-0.2, -0.15) is 0 Å². The molecule has 1 unspecified atom stereocenters. The molecule has 1 saturated carbocycles. The van der Waals surface area contributed by atoms with Crippen LogP contribution >= 0.6 is 23.4 Å². The van der Waals surface area contributed by atoms with Gasteiger partial charge in [0.05, 0.1) is 30.6 Å². The largest absolute Gasteiger partial charge is 0.495 e. The van der Waals surface area contributed by atoms with Crippen LogP contribution in [0.1, 0.15) is 105 Å². The molecule has 19 heteroatoms. The number of carbonyl (C=O) groups excluding carboxylic acids is 7. The van der Waals surface area contributed by atoms with Crippen LogP contribution in [0.5, 0.6) is 5.75 Å². The number of allylic oxidation sites excluding steroid dienone is 2. The fraction of sp³-hybridized carbons (Fsp3) is 0.667. The van der Waals surface area contributed by atoms with Gasteiger partial charge in [0, 0.05) is 70.5 Å². The molecule has 5 amide bonds. The molecule has 17 nitrogen and oxygen atoms in total. The van der Waals surface area contributed by atoms with Gasteiger partial charge in [0.25, 0.3) is 0 Å². The fourth-order valence-electron chi connectivity index (χ4n) is 9.79. The van der Waals surface area contributed by atoms with Crippen LogP contribution in [-0.4, -0.2) is 144 Å². The summed E-state index contributed by atoms with van der Waals surface area (Å²) in [6.45, 7) is 16.7. The number of Topliss-reactive ketones (excluding diaryl/α,β-unsaturated/α-hetero) is 1. The highest BCUT2D eigenvalue weighted by atomic mass is 35.5. The number of hydrogen-bond acceptors (Lipinski definition) is 14. The van der Waals surface area contributed by atoms with Gasteiger partial charge in [-0.3, -0.25) is 34.2 Å². The fourth-order valence-corrected chi connectivity index (χ4v) is 11.2. The molecule has 9 atom stereocenters. The van der Waals surface area contributed by atoms with Crippen LogP contribution in [0.4, 0.5) is 10.5 Å². The number of epoxide rings is 1. The highest BCUT2D eigenvalue weighted by molar-refractivity contribution is 8.00. The number of likely N-dealkylation sites (N-methyl/N-ethyl adjacent to an activating group) is 1. The summed E-state index contributed by atoms with van der Waals surface area (Å²) in [6.07, 6.45) is 1.77. The molecule has 3 heterocycles. The summed E-state index contributed by atoms with van der Waals surface area (Å²) < 4.78 is 29.0. The van der Waals surface area contributed by atoms with Crippen LogP contribution in [0.25, 0.3) is 0 Å². The molecule has 1 aliphatic carbocycles. The normalized spacial score (nSPS) is 27.5. The zero-order chi connectivity index (χ0) is 52.0. The highest BCUT2D eigenvalue weighted by Crippen LogP contribution is 2.49. The Morgan fingerprint density at radius 2 is 1.74 bits per heavy atom. The van der Waals surface area contributed by atoms with Gasteiger partial charge < -0.3 is 38.6 Å². The maximum absolute atomic E-state index is 14.4. The maximum Gasteiger partial charge on any atom is 0.409 e. The van der Waals surface area contributed by atoms with Crippen LogP contribution in [0.15, 0.2) is 36.4 Å². The number of amides is 5. The van der Waals surface area contributed by atoms with Gasteiger partial charge in [0.2, 0.25) is 23.6 Å². The molecule has 5 rings (SSSR count). The van der Waals surface area contributed by atoms with Crippen molar-refractivity contribution < 1.29 is 62.4 Å². The second kappa shape index (κ2) is 23.8. The van der Waals surface area contributed by atoms with Crippen molar-refractivity contribution >= 4 is 70.5 Å². The van der Waals surface area contributed by atoms with Gasteiger partial charge in [-0.15, -0.1) is 18.3 Å². The number of alkyl carbamates (subject to hydrolysis) is 1. The molecule has 2 N–H and O–H groups in total. The minimum atomic E-state index is -1.85. The maximum atomic E-state index is 14.4. The van der Waals surface area contributed by atoms with Crippen molar-refractivity contribution in [3.05, 3.63) is 47.0 Å². The summed E-state index contributed by atoms with van der Waals surface area (Å²) in [5, 5.41) is 13.4. The Labute approximate surface area is 421 Å². The standard InChI is InChI=1S/C51H73ClN4O13S/c1-13-29(5)21-33-22-35(44(52)36(23-33)65-11)55(10)42(58)25-40(50(8)46(69-50)30(6)37-26-51(64,39(14-2)66-12)53-49(63)67-37)68-48(62)31(7)54(9)41(57)19-20-70-38-24-43(59)56(47(38)61)27-32-15-17-34(18-16-32)45(60)28(3)4/h13-14,22-23,28,30-32,34,37-40,46,64H,2,15-21,24-27H2,1,3-12H3,(H,53,63)/b29-13+/t30-,31+,32?,34?,37+,38?,39-,40+,46+,50+,51+/m1/s1. The molecule has 4 fully saturated rings. The number of nitrogens with zero attached hydrogens (tertiary/aromatic N) is 3. The number of thioether (sulfide) groups is 1. The lowest BCUT2D eigenvalue weighted by Crippen LogP contribution is -2.63. The molecule has 70 heavy (non-hydrogen) atoms. The number of nitrogens with one attached hydrogen (secondary N) is 1. The van der Waals surface area contributed by atoms with E-state index in [1.807, 2.05) is 33.8 Å². The first-order valence-electron chi connectivity index (χ1n) is 24.2. The van der Waals surface area contributed by atoms with Crippen molar-refractivity contribution in [1.82, 2.24) is 15.1 Å². The van der Waals surface area contributed by atoms with Crippen molar-refractivity contribution in [2.75, 3.05) is 45.5 Å². The molecule has 388 valence electrons. The van der Waals surface area contributed by atoms with Crippen molar-refractivity contribution in [2.45, 2.75) is 153 Å². The van der Waals surface area contributed by atoms with Gasteiger partial charge in [0.15, 0.2) is 5.72 Å². The number of likely N-dealkylation sites (tertiary alicyclic amines) is 1. The van der Waals surface area contributed by atoms with E-state index in [0.29, 0.717) is 24.4 Å². The molecule has 0 bridgehead atoms. The van der Waals surface area contributed by atoms with E-state index in [-0.39, 0.29) is 71.8 Å². The number of rotatable bonds is 23. The number of hydrogen-bond donors (Lipinski definition) is 2. The molecule has 1 aromatic rings. The average Bonchev–Trinajstić information content (AvgIpc) is 3.95. The van der Waals surface area contributed by atoms with E-state index in [4.69, 9.17) is 35.3 Å². The van der Waals surface area contributed by atoms with Crippen molar-refractivity contribution in [2.24, 2.45) is 23.7 Å². The summed E-state index contributed by atoms with van der Waals surface area (Å²) >= 11 is 8.02. The highest BCUT2D eigenvalue weighted by Gasteiger charge is 2.64. The molecule has 1 aromatic carbocycles. The monoisotopic (exact) mass is 1020 g/mol. The minimum absolute atomic E-state index is 0.0180. The summed E-state index contributed by atoms with van der Waals surface area (Å²) in [7, 11) is 5.86. The smallest absolute Gasteiger partial charge is 0.409 e. The number of aliphatic hydroxyl groups is 1. The average molecular weight is 1020 g/mol. The third-order valence-corrected chi connectivity index (χ3v) is 16.3. The third-order valence-electron chi connectivity index (χ3n) is 14.7. The van der Waals surface area contributed by atoms with E-state index in [1.165, 1.54) is 60.7 Å². The van der Waals surface area contributed by atoms with Crippen molar-refractivity contribution in [3.63, 3.8) is 0 Å². The number of ether oxygens (including phenoxy) is 5. The van der Waals surface area contributed by atoms with Gasteiger partial charge in [0.1, 0.15) is 46.5 Å². The Morgan fingerprint density at radius 3 is 2.34 bits per heavy atom. The number of imide groups is 1. The molecular formula is C51H73ClN4O13S. The number of ketones is 1. The number of benzene rings is 1. The zero-order valence-electron chi connectivity index (χ0n) is 42.5. The molecule has 0 radical (unpaired) electrons. The van der Waals surface area contributed by atoms with Gasteiger partial charge in [-0.1, -0.05) is 50.1 Å². The minimum Gasteiger partial charge on any atom is -0.495 e. The number of carbonyl (C=O) groups is 7. The Morgan fingerprint density at radius 1 is 1.07 bits per heavy atom. The number of halogens is 1. The topological polar surface area (TPSA) is 211 Å². The first-order chi connectivity index (χ1) is 32.9. The number of methoxy groups -OCH3 is 2. The molecule has 3 aliphatic heterocycles. The number of anilines is 1. The third kappa shape index (κ3) is 12.9. The first-order valence-corrected chi connectivity index (χ1v) is 25.6. The van der Waals surface area contributed by atoms with Gasteiger partial charge >= 0.3 is 12.1 Å². The molecule has 4 aliphatic rings. The first kappa shape index (κ1) is 56.4. The van der Waals surface area contributed by atoms with E-state index in [9.17, 15) is 38.7 Å². The van der Waals surface area contributed by atoms with Crippen LogP contribution in [0.2, 0.25) is 5.02 Å². The second-order valence-electron chi connectivity index (χ2n) is 19.8. The Kier molecular flexibility index (Phi) is 19.2. The van der Waals surface area contributed by atoms with Crippen LogP contribution in [0, 0.1) is 23.7 Å². The van der Waals surface area contributed by atoms with Crippen LogP contribution in [0.3, 0.4) is 0 Å². The van der Waals surface area contributed by atoms with Crippen LogP contribution < -0.4 is 15.0 Å². The van der Waals surface area contributed by atoms with E-state index in [0.717, 1.165) is 36.8 Å². The second-order valence-corrected chi connectivity index (χ2v) is 21.5. The van der Waals surface area contributed by atoms with E-state index < -0.39 is 76.8 Å². The lowest BCUT2D eigenvalue weighted by Gasteiger charge is -2.42. The number of esters is 1. The quantitative estimate of drug-likeness (QED) is 0.0524.